The molecule has 0 aliphatic carbocycles. The lowest BCUT2D eigenvalue weighted by molar-refractivity contribution is -0.134. The highest BCUT2D eigenvalue weighted by atomic mass is 16.5. The molecule has 0 saturated carbocycles. The van der Waals surface area contributed by atoms with E-state index in [0.29, 0.717) is 6.61 Å². The summed E-state index contributed by atoms with van der Waals surface area (Å²) in [6.07, 6.45) is 0. The van der Waals surface area contributed by atoms with E-state index in [1.54, 1.807) is 26.1 Å². The van der Waals surface area contributed by atoms with Gasteiger partial charge >= 0.3 is 0 Å². The minimum atomic E-state index is -0.540. The molecule has 0 spiro atoms. The van der Waals surface area contributed by atoms with Gasteiger partial charge in [0.25, 0.3) is 0 Å². The molecule has 0 aromatic heterocycles. The van der Waals surface area contributed by atoms with Gasteiger partial charge in [-0.3, -0.25) is 10.1 Å². The van der Waals surface area contributed by atoms with Crippen molar-refractivity contribution >= 4 is 5.91 Å². The number of methoxy groups -OCH3 is 1. The molecule has 0 bridgehead atoms. The summed E-state index contributed by atoms with van der Waals surface area (Å²) >= 11 is 0. The quantitative estimate of drug-likeness (QED) is 0.705. The summed E-state index contributed by atoms with van der Waals surface area (Å²) in [7, 11) is 5.17. The molecular weight excluding hydrogens is 180 g/mol. The maximum Gasteiger partial charge on any atom is 0.241 e. The number of ether oxygens (including phenoxy) is 1. The number of hydrogen-bond donors (Lipinski definition) is 1. The summed E-state index contributed by atoms with van der Waals surface area (Å²) < 4.78 is 5.00. The van der Waals surface area contributed by atoms with Crippen molar-refractivity contribution < 1.29 is 9.53 Å². The number of hydrogen-bond acceptors (Lipinski definition) is 3. The number of nitrogens with one attached hydrogen (secondary N) is 1. The summed E-state index contributed by atoms with van der Waals surface area (Å²) in [5.74, 6) is 0.0699. The van der Waals surface area contributed by atoms with Crippen LogP contribution in [-0.2, 0) is 9.53 Å². The van der Waals surface area contributed by atoms with Crippen LogP contribution in [0.2, 0.25) is 0 Å². The molecule has 1 atom stereocenters. The highest BCUT2D eigenvalue weighted by Gasteiger charge is 2.29. The first-order valence-electron chi connectivity index (χ1n) is 4.79. The van der Waals surface area contributed by atoms with E-state index in [1.165, 1.54) is 0 Å². The second-order valence-corrected chi connectivity index (χ2v) is 4.33. The van der Waals surface area contributed by atoms with Crippen molar-refractivity contribution in [1.29, 1.82) is 0 Å². The van der Waals surface area contributed by atoms with Gasteiger partial charge in [0.1, 0.15) is 0 Å². The Morgan fingerprint density at radius 3 is 2.36 bits per heavy atom. The molecule has 4 heteroatoms. The molecule has 0 aromatic rings. The zero-order chi connectivity index (χ0) is 11.4. The second kappa shape index (κ2) is 5.32. The van der Waals surface area contributed by atoms with Crippen LogP contribution in [-0.4, -0.2) is 50.2 Å². The van der Waals surface area contributed by atoms with Gasteiger partial charge in [0.2, 0.25) is 5.91 Å². The average Bonchev–Trinajstić information content (AvgIpc) is 2.02. The van der Waals surface area contributed by atoms with E-state index in [0.717, 1.165) is 0 Å². The Kier molecular flexibility index (Phi) is 5.08. The third kappa shape index (κ3) is 4.07. The molecule has 0 radical (unpaired) electrons. The van der Waals surface area contributed by atoms with Crippen LogP contribution in [0.15, 0.2) is 0 Å². The van der Waals surface area contributed by atoms with Crippen molar-refractivity contribution in [2.45, 2.75) is 32.4 Å². The van der Waals surface area contributed by atoms with E-state index in [4.69, 9.17) is 4.74 Å². The first-order chi connectivity index (χ1) is 6.31. The van der Waals surface area contributed by atoms with Crippen LogP contribution >= 0.6 is 0 Å². The lowest BCUT2D eigenvalue weighted by Crippen LogP contribution is -2.55. The summed E-state index contributed by atoms with van der Waals surface area (Å²) in [5, 5.41) is 3.22. The van der Waals surface area contributed by atoms with Gasteiger partial charge in [-0.1, -0.05) is 0 Å². The van der Waals surface area contributed by atoms with Crippen LogP contribution in [0.1, 0.15) is 20.8 Å². The summed E-state index contributed by atoms with van der Waals surface area (Å²) in [6.45, 7) is 6.35. The van der Waals surface area contributed by atoms with Crippen molar-refractivity contribution in [3.05, 3.63) is 0 Å². The molecule has 0 aromatic carbocycles. The smallest absolute Gasteiger partial charge is 0.241 e. The number of rotatable bonds is 5. The molecule has 4 nitrogen and oxygen atoms in total. The van der Waals surface area contributed by atoms with Crippen molar-refractivity contribution in [3.8, 4) is 0 Å². The largest absolute Gasteiger partial charge is 0.383 e. The van der Waals surface area contributed by atoms with E-state index in [2.05, 4.69) is 5.32 Å². The maximum atomic E-state index is 11.7. The molecule has 1 N–H and O–H groups in total. The molecular formula is C10H22N2O2. The number of amides is 1. The number of carbonyl (C=O) groups is 1. The molecule has 0 saturated heterocycles. The van der Waals surface area contributed by atoms with Crippen LogP contribution in [0.5, 0.6) is 0 Å². The second-order valence-electron chi connectivity index (χ2n) is 4.33. The van der Waals surface area contributed by atoms with Crippen molar-refractivity contribution in [3.63, 3.8) is 0 Å². The average molecular weight is 202 g/mol. The Bertz CT molecular complexity index is 191. The fraction of sp³-hybridized carbons (Fsp3) is 0.900. The lowest BCUT2D eigenvalue weighted by atomic mass is 10.0. The highest BCUT2D eigenvalue weighted by Crippen LogP contribution is 2.07. The Labute approximate surface area is 86.6 Å². The predicted molar refractivity (Wildman–Crippen MR) is 57.2 cm³/mol. The molecule has 1 amide bonds. The Morgan fingerprint density at radius 1 is 1.50 bits per heavy atom. The van der Waals surface area contributed by atoms with Crippen LogP contribution in [0, 0.1) is 0 Å². The first kappa shape index (κ1) is 13.4. The van der Waals surface area contributed by atoms with Gasteiger partial charge in [0, 0.05) is 27.2 Å². The maximum absolute atomic E-state index is 11.7. The van der Waals surface area contributed by atoms with Crippen molar-refractivity contribution in [2.24, 2.45) is 0 Å². The topological polar surface area (TPSA) is 41.6 Å². The fourth-order valence-corrected chi connectivity index (χ4v) is 1.53. The van der Waals surface area contributed by atoms with Gasteiger partial charge < -0.3 is 9.64 Å². The molecule has 0 fully saturated rings. The monoisotopic (exact) mass is 202 g/mol. The van der Waals surface area contributed by atoms with Gasteiger partial charge in [-0.25, -0.2) is 0 Å². The molecule has 84 valence electrons. The molecule has 1 unspecified atom stereocenters. The van der Waals surface area contributed by atoms with E-state index in [1.807, 2.05) is 20.8 Å². The first-order valence-corrected chi connectivity index (χ1v) is 4.79. The zero-order valence-electron chi connectivity index (χ0n) is 10.0. The fourth-order valence-electron chi connectivity index (χ4n) is 1.53. The predicted octanol–water partition coefficient (Wildman–Crippen LogP) is 0.478. The van der Waals surface area contributed by atoms with Crippen LogP contribution in [0.4, 0.5) is 0 Å². The standard InChI is InChI=1S/C10H22N2O2/c1-8(7-14-6)11-10(2,3)9(13)12(4)5/h8,11H,7H2,1-6H3. The SMILES string of the molecule is COCC(C)NC(C)(C)C(=O)N(C)C. The van der Waals surface area contributed by atoms with Gasteiger partial charge in [-0.2, -0.15) is 0 Å². The van der Waals surface area contributed by atoms with Gasteiger partial charge in [-0.05, 0) is 20.8 Å². The summed E-state index contributed by atoms with van der Waals surface area (Å²) in [5.41, 5.74) is -0.540. The number of nitrogens with zero attached hydrogens (tertiary/aromatic N) is 1. The number of carbonyl (C=O) groups excluding carboxylic acids is 1. The van der Waals surface area contributed by atoms with E-state index < -0.39 is 5.54 Å². The van der Waals surface area contributed by atoms with Gasteiger partial charge in [-0.15, -0.1) is 0 Å². The Hall–Kier alpha value is -0.610. The third-order valence-corrected chi connectivity index (χ3v) is 1.96. The van der Waals surface area contributed by atoms with E-state index in [-0.39, 0.29) is 11.9 Å². The molecule has 0 heterocycles. The lowest BCUT2D eigenvalue weighted by Gasteiger charge is -2.31. The van der Waals surface area contributed by atoms with E-state index in [9.17, 15) is 4.79 Å². The highest BCUT2D eigenvalue weighted by molar-refractivity contribution is 5.85. The minimum absolute atomic E-state index is 0.0699. The molecule has 0 aliphatic rings. The van der Waals surface area contributed by atoms with Crippen LogP contribution in [0.25, 0.3) is 0 Å². The summed E-state index contributed by atoms with van der Waals surface area (Å²) in [6, 6.07) is 0.166. The molecule has 0 rings (SSSR count). The van der Waals surface area contributed by atoms with Gasteiger partial charge in [0.05, 0.1) is 12.1 Å². The minimum Gasteiger partial charge on any atom is -0.383 e. The van der Waals surface area contributed by atoms with Gasteiger partial charge in [0.15, 0.2) is 0 Å². The zero-order valence-corrected chi connectivity index (χ0v) is 10.0. The molecule has 0 aliphatic heterocycles. The normalized spacial score (nSPS) is 13.9. The third-order valence-electron chi connectivity index (χ3n) is 1.96. The van der Waals surface area contributed by atoms with Crippen LogP contribution in [0.3, 0.4) is 0 Å². The van der Waals surface area contributed by atoms with Crippen LogP contribution < -0.4 is 5.32 Å². The van der Waals surface area contributed by atoms with E-state index >= 15 is 0 Å². The number of likely N-dealkylation sites (N-methyl/N-ethyl adjacent to an activating group) is 1. The summed E-state index contributed by atoms with van der Waals surface area (Å²) in [4.78, 5) is 13.3. The molecule has 14 heavy (non-hydrogen) atoms. The van der Waals surface area contributed by atoms with Crippen molar-refractivity contribution in [1.82, 2.24) is 10.2 Å². The Morgan fingerprint density at radius 2 is 2.00 bits per heavy atom. The Balaban J connectivity index is 4.25. The van der Waals surface area contributed by atoms with Crippen molar-refractivity contribution in [2.75, 3.05) is 27.8 Å².